The number of ether oxygens (including phenoxy) is 1. The van der Waals surface area contributed by atoms with Crippen LogP contribution in [0, 0.1) is 0 Å². The normalized spacial score (nSPS) is 13.3. The Balaban J connectivity index is 1.99. The summed E-state index contributed by atoms with van der Waals surface area (Å²) in [5, 5.41) is 0. The monoisotopic (exact) mass is 550 g/mol. The Labute approximate surface area is 246 Å². The van der Waals surface area contributed by atoms with Gasteiger partial charge in [-0.3, -0.25) is 0 Å². The molecule has 3 aromatic carbocycles. The smallest absolute Gasteiger partial charge is 0.464 e. The molecule has 6 heteroatoms. The third-order valence-electron chi connectivity index (χ3n) is 7.92. The van der Waals surface area contributed by atoms with E-state index in [1.165, 1.54) is 29.4 Å². The van der Waals surface area contributed by atoms with Gasteiger partial charge >= 0.3 is 13.0 Å². The van der Waals surface area contributed by atoms with E-state index >= 15 is 0 Å². The van der Waals surface area contributed by atoms with Gasteiger partial charge in [-0.1, -0.05) is 104 Å². The molecule has 41 heavy (non-hydrogen) atoms. The minimum Gasteiger partial charge on any atom is -0.465 e. The molecule has 0 radical (unpaired) electrons. The first-order valence-electron chi connectivity index (χ1n) is 14.7. The van der Waals surface area contributed by atoms with Crippen LogP contribution in [0.15, 0.2) is 73.1 Å². The van der Waals surface area contributed by atoms with E-state index in [1.54, 1.807) is 24.3 Å². The molecule has 1 aliphatic rings. The van der Waals surface area contributed by atoms with E-state index < -0.39 is 13.0 Å². The fourth-order valence-corrected chi connectivity index (χ4v) is 5.77. The van der Waals surface area contributed by atoms with E-state index in [9.17, 15) is 9.59 Å². The largest absolute Gasteiger partial charge is 0.465 e. The second-order valence-electron chi connectivity index (χ2n) is 12.1. The number of nitrogens with zero attached hydrogens (tertiary/aromatic N) is 2. The summed E-state index contributed by atoms with van der Waals surface area (Å²) >= 11 is 0. The van der Waals surface area contributed by atoms with Gasteiger partial charge in [0, 0.05) is 29.3 Å². The zero-order valence-electron chi connectivity index (χ0n) is 25.9. The van der Waals surface area contributed by atoms with Crippen molar-refractivity contribution in [2.24, 2.45) is 0 Å². The Morgan fingerprint density at radius 2 is 0.976 bits per heavy atom. The molecule has 214 valence electrons. The number of carbonyl (C=O) groups is 2. The van der Waals surface area contributed by atoms with E-state index in [0.29, 0.717) is 11.1 Å². The molecule has 0 saturated heterocycles. The number of benzene rings is 3. The number of anilines is 2. The predicted octanol–water partition coefficient (Wildman–Crippen LogP) is 8.67. The first-order chi connectivity index (χ1) is 19.5. The van der Waals surface area contributed by atoms with E-state index in [2.05, 4.69) is 114 Å². The van der Waals surface area contributed by atoms with Crippen LogP contribution < -0.4 is 9.62 Å². The van der Waals surface area contributed by atoms with Crippen LogP contribution in [0.25, 0.3) is 0 Å². The number of carbonyl (C=O) groups excluding carboxylic acids is 2. The maximum absolute atomic E-state index is 14.7. The molecule has 0 spiro atoms. The Morgan fingerprint density at radius 3 is 1.34 bits per heavy atom. The van der Waals surface area contributed by atoms with Gasteiger partial charge in [-0.2, -0.15) is 0 Å². The number of esters is 1. The molecule has 0 aliphatic carbocycles. The number of hydrogen-bond donors (Lipinski definition) is 0. The molecular weight excluding hydrogens is 507 g/mol. The first kappa shape index (κ1) is 30.2. The van der Waals surface area contributed by atoms with Gasteiger partial charge in [0.15, 0.2) is 5.68 Å². The predicted molar refractivity (Wildman–Crippen MR) is 171 cm³/mol. The highest BCUT2D eigenvalue weighted by atomic mass is 16.5. The van der Waals surface area contributed by atoms with Gasteiger partial charge in [-0.25, -0.2) is 4.79 Å². The quantitative estimate of drug-likeness (QED) is 0.197. The lowest BCUT2D eigenvalue weighted by Crippen LogP contribution is -2.52. The number of para-hydroxylation sites is 2. The van der Waals surface area contributed by atoms with Crippen LogP contribution in [-0.2, 0) is 4.74 Å². The molecule has 1 aliphatic heterocycles. The van der Waals surface area contributed by atoms with E-state index in [1.807, 2.05) is 0 Å². The van der Waals surface area contributed by atoms with Crippen molar-refractivity contribution in [2.75, 3.05) is 16.7 Å². The lowest BCUT2D eigenvalue weighted by Gasteiger charge is -2.35. The van der Waals surface area contributed by atoms with Gasteiger partial charge in [0.25, 0.3) is 0 Å². The number of hydrogen-bond acceptors (Lipinski definition) is 5. The van der Waals surface area contributed by atoms with Crippen molar-refractivity contribution < 1.29 is 14.3 Å². The fourth-order valence-electron chi connectivity index (χ4n) is 5.77. The molecule has 3 aromatic rings. The summed E-state index contributed by atoms with van der Waals surface area (Å²) < 4.78 is 4.96. The number of rotatable bonds is 9. The standard InChI is InChI=1S/C35H43BN2O3/c1-22(2)28-15-11-16-29(23(3)4)32(28)37-19-20-38(33-30(24(5)6)17-12-18-31(33)25(7)8)36(37)34(39)26-13-10-14-27(21-26)35(40)41-9/h10-25H,1-9H3. The highest BCUT2D eigenvalue weighted by Gasteiger charge is 2.44. The zero-order valence-corrected chi connectivity index (χ0v) is 25.9. The molecule has 0 N–H and O–H groups in total. The highest BCUT2D eigenvalue weighted by Crippen LogP contribution is 2.42. The maximum atomic E-state index is 14.7. The van der Waals surface area contributed by atoms with Gasteiger partial charge in [-0.15, -0.1) is 0 Å². The van der Waals surface area contributed by atoms with Crippen molar-refractivity contribution in [3.63, 3.8) is 0 Å². The van der Waals surface area contributed by atoms with Gasteiger partial charge < -0.3 is 19.2 Å². The van der Waals surface area contributed by atoms with Crippen LogP contribution in [0.1, 0.15) is 122 Å². The Hall–Kier alpha value is -3.80. The summed E-state index contributed by atoms with van der Waals surface area (Å²) in [6.07, 6.45) is 4.11. The first-order valence-corrected chi connectivity index (χ1v) is 14.7. The molecule has 0 aromatic heterocycles. The molecule has 0 unspecified atom stereocenters. The van der Waals surface area contributed by atoms with Crippen molar-refractivity contribution in [3.8, 4) is 0 Å². The zero-order chi connectivity index (χ0) is 30.0. The maximum Gasteiger partial charge on any atom is 0.464 e. The van der Waals surface area contributed by atoms with Crippen LogP contribution in [0.3, 0.4) is 0 Å². The van der Waals surface area contributed by atoms with Crippen LogP contribution in [0.4, 0.5) is 11.4 Å². The Kier molecular flexibility index (Phi) is 9.11. The average molecular weight is 551 g/mol. The van der Waals surface area contributed by atoms with Crippen molar-refractivity contribution in [2.45, 2.75) is 79.1 Å². The van der Waals surface area contributed by atoms with Crippen molar-refractivity contribution >= 4 is 30.0 Å². The molecule has 0 bridgehead atoms. The lowest BCUT2D eigenvalue weighted by atomic mass is 9.63. The van der Waals surface area contributed by atoms with Crippen molar-refractivity contribution in [3.05, 3.63) is 106 Å². The average Bonchev–Trinajstić information content (AvgIpc) is 3.39. The summed E-state index contributed by atoms with van der Waals surface area (Å²) in [5.74, 6) is 0.590. The van der Waals surface area contributed by atoms with Crippen LogP contribution in [0.5, 0.6) is 0 Å². The molecule has 0 atom stereocenters. The van der Waals surface area contributed by atoms with Crippen LogP contribution in [0.2, 0.25) is 0 Å². The molecule has 4 rings (SSSR count). The highest BCUT2D eigenvalue weighted by molar-refractivity contribution is 6.98. The third kappa shape index (κ3) is 5.83. The van der Waals surface area contributed by atoms with E-state index in [-0.39, 0.29) is 29.4 Å². The van der Waals surface area contributed by atoms with Gasteiger partial charge in [0.2, 0.25) is 0 Å². The second-order valence-corrected chi connectivity index (χ2v) is 12.1. The van der Waals surface area contributed by atoms with E-state index in [0.717, 1.165) is 11.4 Å². The van der Waals surface area contributed by atoms with Gasteiger partial charge in [0.1, 0.15) is 0 Å². The Morgan fingerprint density at radius 1 is 0.610 bits per heavy atom. The molecule has 1 heterocycles. The molecule has 0 saturated carbocycles. The third-order valence-corrected chi connectivity index (χ3v) is 7.92. The molecular formula is C35H43BN2O3. The minimum atomic E-state index is -0.669. The van der Waals surface area contributed by atoms with Crippen molar-refractivity contribution in [1.29, 1.82) is 0 Å². The molecule has 0 fully saturated rings. The summed E-state index contributed by atoms with van der Waals surface area (Å²) in [5.41, 5.74) is 7.70. The Bertz CT molecular complexity index is 1330. The topological polar surface area (TPSA) is 49.9 Å². The van der Waals surface area contributed by atoms with Crippen molar-refractivity contribution in [1.82, 2.24) is 0 Å². The summed E-state index contributed by atoms with van der Waals surface area (Å²) in [6.45, 7) is 16.9. The van der Waals surface area contributed by atoms with Gasteiger partial charge in [-0.05, 0) is 58.1 Å². The summed E-state index contributed by atoms with van der Waals surface area (Å²) in [7, 11) is 1.35. The van der Waals surface area contributed by atoms with Gasteiger partial charge in [0.05, 0.1) is 12.7 Å². The summed E-state index contributed by atoms with van der Waals surface area (Å²) in [6, 6.07) is 19.8. The fraction of sp³-hybridized carbons (Fsp3) is 0.371. The SMILES string of the molecule is COC(=O)c1cccc(C(=O)B2N(c3c(C(C)C)cccc3C(C)C)C=CN2c2c(C(C)C)cccc2C(C)C)c1. The lowest BCUT2D eigenvalue weighted by molar-refractivity contribution is 0.0600. The summed E-state index contributed by atoms with van der Waals surface area (Å²) in [4.78, 5) is 31.4. The van der Waals surface area contributed by atoms with E-state index in [4.69, 9.17) is 4.74 Å². The molecule has 5 nitrogen and oxygen atoms in total. The minimum absolute atomic E-state index is 0.0812. The molecule has 0 amide bonds. The van der Waals surface area contributed by atoms with Crippen LogP contribution >= 0.6 is 0 Å². The second kappa shape index (κ2) is 12.4. The van der Waals surface area contributed by atoms with Crippen LogP contribution in [-0.4, -0.2) is 25.7 Å². The number of methoxy groups -OCH3 is 1.